The highest BCUT2D eigenvalue weighted by Crippen LogP contribution is 2.15. The van der Waals surface area contributed by atoms with Crippen molar-refractivity contribution in [3.8, 4) is 0 Å². The Morgan fingerprint density at radius 3 is 2.38 bits per heavy atom. The molecule has 1 atom stereocenters. The Balaban J connectivity index is 2.58. The first-order valence-electron chi connectivity index (χ1n) is 7.36. The number of rotatable bonds is 7. The molecule has 0 bridgehead atoms. The van der Waals surface area contributed by atoms with Crippen LogP contribution in [0.2, 0.25) is 0 Å². The predicted octanol–water partition coefficient (Wildman–Crippen LogP) is 2.78. The zero-order valence-corrected chi connectivity index (χ0v) is 13.4. The Kier molecular flexibility index (Phi) is 6.40. The second-order valence-corrected chi connectivity index (χ2v) is 5.61. The van der Waals surface area contributed by atoms with Crippen molar-refractivity contribution in [2.45, 2.75) is 52.0 Å². The smallest absolute Gasteiger partial charge is 0.331 e. The maximum Gasteiger partial charge on any atom is 0.331 e. The zero-order valence-electron chi connectivity index (χ0n) is 13.4. The van der Waals surface area contributed by atoms with Gasteiger partial charge in [-0.2, -0.15) is 0 Å². The van der Waals surface area contributed by atoms with Gasteiger partial charge in [0.05, 0.1) is 7.11 Å². The maximum atomic E-state index is 12.1. The molecule has 21 heavy (non-hydrogen) atoms. The van der Waals surface area contributed by atoms with Crippen LogP contribution in [0, 0.1) is 6.92 Å². The van der Waals surface area contributed by atoms with Gasteiger partial charge in [0.15, 0.2) is 0 Å². The number of esters is 1. The van der Waals surface area contributed by atoms with E-state index >= 15 is 0 Å². The molecule has 0 aliphatic rings. The number of ether oxygens (including phenoxy) is 1. The average molecular weight is 291 g/mol. The van der Waals surface area contributed by atoms with E-state index in [1.807, 2.05) is 38.1 Å². The number of hydrogen-bond acceptors (Lipinski definition) is 3. The Morgan fingerprint density at radius 1 is 1.24 bits per heavy atom. The van der Waals surface area contributed by atoms with Crippen molar-refractivity contribution in [3.63, 3.8) is 0 Å². The van der Waals surface area contributed by atoms with Crippen molar-refractivity contribution in [2.24, 2.45) is 0 Å². The summed E-state index contributed by atoms with van der Waals surface area (Å²) >= 11 is 0. The van der Waals surface area contributed by atoms with Crippen molar-refractivity contribution < 1.29 is 14.3 Å². The molecule has 0 fully saturated rings. The fourth-order valence-corrected chi connectivity index (χ4v) is 2.32. The normalized spacial score (nSPS) is 13.3. The van der Waals surface area contributed by atoms with Gasteiger partial charge in [0.2, 0.25) is 5.91 Å². The first kappa shape index (κ1) is 17.2. The number of aryl methyl sites for hydroxylation is 2. The third-order valence-electron chi connectivity index (χ3n) is 3.56. The minimum atomic E-state index is -0.937. The molecule has 0 spiro atoms. The zero-order chi connectivity index (χ0) is 15.9. The molecule has 0 heterocycles. The minimum Gasteiger partial charge on any atom is -0.467 e. The molecular formula is C17H25NO3. The SMILES string of the molecule is CCCC(C)(NC(=O)CCc1ccc(C)cc1)C(=O)OC. The topological polar surface area (TPSA) is 55.4 Å². The number of benzene rings is 1. The lowest BCUT2D eigenvalue weighted by Crippen LogP contribution is -2.52. The van der Waals surface area contributed by atoms with Gasteiger partial charge in [0, 0.05) is 6.42 Å². The first-order valence-corrected chi connectivity index (χ1v) is 7.36. The third kappa shape index (κ3) is 5.21. The fraction of sp³-hybridized carbons (Fsp3) is 0.529. The van der Waals surface area contributed by atoms with Crippen LogP contribution < -0.4 is 5.32 Å². The molecule has 0 aliphatic heterocycles. The number of hydrogen-bond donors (Lipinski definition) is 1. The minimum absolute atomic E-state index is 0.128. The van der Waals surface area contributed by atoms with Gasteiger partial charge in [0.25, 0.3) is 0 Å². The molecule has 1 N–H and O–H groups in total. The van der Waals surface area contributed by atoms with E-state index in [4.69, 9.17) is 4.74 Å². The second kappa shape index (κ2) is 7.81. The van der Waals surface area contributed by atoms with Gasteiger partial charge in [-0.1, -0.05) is 43.2 Å². The third-order valence-corrected chi connectivity index (χ3v) is 3.56. The van der Waals surface area contributed by atoms with Gasteiger partial charge in [-0.25, -0.2) is 4.79 Å². The summed E-state index contributed by atoms with van der Waals surface area (Å²) < 4.78 is 4.79. The lowest BCUT2D eigenvalue weighted by molar-refractivity contribution is -0.150. The van der Waals surface area contributed by atoms with Crippen molar-refractivity contribution in [3.05, 3.63) is 35.4 Å². The van der Waals surface area contributed by atoms with Gasteiger partial charge in [-0.05, 0) is 32.3 Å². The molecule has 1 unspecified atom stereocenters. The molecule has 0 radical (unpaired) electrons. The van der Waals surface area contributed by atoms with Crippen LogP contribution in [0.3, 0.4) is 0 Å². The fourth-order valence-electron chi connectivity index (χ4n) is 2.32. The van der Waals surface area contributed by atoms with Gasteiger partial charge in [0.1, 0.15) is 5.54 Å². The number of nitrogens with one attached hydrogen (secondary N) is 1. The van der Waals surface area contributed by atoms with Crippen LogP contribution in [-0.2, 0) is 20.7 Å². The predicted molar refractivity (Wildman–Crippen MR) is 83.0 cm³/mol. The van der Waals surface area contributed by atoms with Crippen LogP contribution >= 0.6 is 0 Å². The van der Waals surface area contributed by atoms with E-state index in [0.29, 0.717) is 19.3 Å². The molecular weight excluding hydrogens is 266 g/mol. The molecule has 0 aromatic heterocycles. The number of amides is 1. The highest BCUT2D eigenvalue weighted by Gasteiger charge is 2.34. The molecule has 1 rings (SSSR count). The Labute approximate surface area is 126 Å². The van der Waals surface area contributed by atoms with E-state index in [1.165, 1.54) is 12.7 Å². The van der Waals surface area contributed by atoms with E-state index in [2.05, 4.69) is 5.32 Å². The molecule has 4 nitrogen and oxygen atoms in total. The molecule has 0 saturated heterocycles. The lowest BCUT2D eigenvalue weighted by Gasteiger charge is -2.27. The van der Waals surface area contributed by atoms with Gasteiger partial charge >= 0.3 is 5.97 Å². The van der Waals surface area contributed by atoms with Crippen LogP contribution in [0.1, 0.15) is 44.2 Å². The quantitative estimate of drug-likeness (QED) is 0.786. The molecule has 0 saturated carbocycles. The molecule has 0 aliphatic carbocycles. The van der Waals surface area contributed by atoms with Crippen LogP contribution in [0.5, 0.6) is 0 Å². The van der Waals surface area contributed by atoms with Crippen LogP contribution in [0.15, 0.2) is 24.3 Å². The first-order chi connectivity index (χ1) is 9.91. The van der Waals surface area contributed by atoms with E-state index in [1.54, 1.807) is 6.92 Å². The highest BCUT2D eigenvalue weighted by molar-refractivity contribution is 5.87. The molecule has 4 heteroatoms. The summed E-state index contributed by atoms with van der Waals surface area (Å²) in [5.41, 5.74) is 1.38. The van der Waals surface area contributed by atoms with Crippen LogP contribution in [0.25, 0.3) is 0 Å². The Morgan fingerprint density at radius 2 is 1.86 bits per heavy atom. The van der Waals surface area contributed by atoms with E-state index in [9.17, 15) is 9.59 Å². The number of carbonyl (C=O) groups is 2. The van der Waals surface area contributed by atoms with E-state index in [0.717, 1.165) is 12.0 Å². The number of methoxy groups -OCH3 is 1. The summed E-state index contributed by atoms with van der Waals surface area (Å²) in [6, 6.07) is 8.11. The van der Waals surface area contributed by atoms with Gasteiger partial charge in [-0.15, -0.1) is 0 Å². The summed E-state index contributed by atoms with van der Waals surface area (Å²) in [5.74, 6) is -0.523. The summed E-state index contributed by atoms with van der Waals surface area (Å²) in [4.78, 5) is 23.9. The van der Waals surface area contributed by atoms with Crippen LogP contribution in [-0.4, -0.2) is 24.5 Å². The van der Waals surface area contributed by atoms with Crippen LogP contribution in [0.4, 0.5) is 0 Å². The molecule has 1 aromatic rings. The van der Waals surface area contributed by atoms with Crippen molar-refractivity contribution >= 4 is 11.9 Å². The van der Waals surface area contributed by atoms with E-state index in [-0.39, 0.29) is 5.91 Å². The maximum absolute atomic E-state index is 12.1. The molecule has 1 aromatic carbocycles. The Bertz CT molecular complexity index is 481. The summed E-state index contributed by atoms with van der Waals surface area (Å²) in [6.07, 6.45) is 2.38. The monoisotopic (exact) mass is 291 g/mol. The summed E-state index contributed by atoms with van der Waals surface area (Å²) in [5, 5.41) is 2.81. The highest BCUT2D eigenvalue weighted by atomic mass is 16.5. The molecule has 1 amide bonds. The van der Waals surface area contributed by atoms with Gasteiger partial charge in [-0.3, -0.25) is 4.79 Å². The Hall–Kier alpha value is -1.84. The largest absolute Gasteiger partial charge is 0.467 e. The standard InChI is InChI=1S/C17H25NO3/c1-5-12-17(3,16(20)21-4)18-15(19)11-10-14-8-6-13(2)7-9-14/h6-9H,5,10-12H2,1-4H3,(H,18,19). The molecule has 116 valence electrons. The van der Waals surface area contributed by atoms with E-state index < -0.39 is 11.5 Å². The average Bonchev–Trinajstić information content (AvgIpc) is 2.46. The summed E-state index contributed by atoms with van der Waals surface area (Å²) in [6.45, 7) is 5.72. The van der Waals surface area contributed by atoms with Crippen molar-refractivity contribution in [2.75, 3.05) is 7.11 Å². The number of carbonyl (C=O) groups excluding carboxylic acids is 2. The summed E-state index contributed by atoms with van der Waals surface area (Å²) in [7, 11) is 1.34. The van der Waals surface area contributed by atoms with Crippen molar-refractivity contribution in [1.29, 1.82) is 0 Å². The van der Waals surface area contributed by atoms with Crippen molar-refractivity contribution in [1.82, 2.24) is 5.32 Å². The second-order valence-electron chi connectivity index (χ2n) is 5.61. The van der Waals surface area contributed by atoms with Gasteiger partial charge < -0.3 is 10.1 Å². The lowest BCUT2D eigenvalue weighted by atomic mass is 9.95.